The summed E-state index contributed by atoms with van der Waals surface area (Å²) in [5, 5.41) is 3.40. The summed E-state index contributed by atoms with van der Waals surface area (Å²) in [7, 11) is 0. The average molecular weight is 276 g/mol. The Morgan fingerprint density at radius 3 is 2.37 bits per heavy atom. The van der Waals surface area contributed by atoms with Crippen LogP contribution in [0.25, 0.3) is 11.3 Å². The molecule has 1 fully saturated rings. The molecule has 1 saturated heterocycles. The van der Waals surface area contributed by atoms with Gasteiger partial charge in [-0.25, -0.2) is 0 Å². The monoisotopic (exact) mass is 275 g/mol. The van der Waals surface area contributed by atoms with Gasteiger partial charge in [0.15, 0.2) is 0 Å². The standard InChI is InChI=1S/C15H17N3.ClH/c1-2-4-12(5-3-1)14-15(18-11-10-17-14)13-6-8-16-9-7-13;/h1-5,10-11,13,16H,6-9H2;1H. The Hall–Kier alpha value is -1.45. The number of nitrogens with zero attached hydrogens (tertiary/aromatic N) is 2. The van der Waals surface area contributed by atoms with E-state index >= 15 is 0 Å². The predicted octanol–water partition coefficient (Wildman–Crippen LogP) is 3.03. The van der Waals surface area contributed by atoms with E-state index in [0.717, 1.165) is 37.3 Å². The van der Waals surface area contributed by atoms with Crippen molar-refractivity contribution in [3.05, 3.63) is 48.4 Å². The third-order valence-electron chi connectivity index (χ3n) is 3.50. The molecular formula is C15H18ClN3. The van der Waals surface area contributed by atoms with Crippen LogP contribution < -0.4 is 5.32 Å². The van der Waals surface area contributed by atoms with Gasteiger partial charge in [-0.1, -0.05) is 30.3 Å². The van der Waals surface area contributed by atoms with Gasteiger partial charge in [-0.15, -0.1) is 12.4 Å². The molecule has 0 saturated carbocycles. The molecule has 0 amide bonds. The van der Waals surface area contributed by atoms with Gasteiger partial charge >= 0.3 is 0 Å². The van der Waals surface area contributed by atoms with E-state index in [1.165, 1.54) is 5.56 Å². The number of piperidine rings is 1. The molecule has 19 heavy (non-hydrogen) atoms. The second-order valence-corrected chi connectivity index (χ2v) is 4.68. The third kappa shape index (κ3) is 3.11. The number of benzene rings is 1. The Balaban J connectivity index is 0.00000133. The van der Waals surface area contributed by atoms with E-state index in [4.69, 9.17) is 0 Å². The molecule has 0 unspecified atom stereocenters. The molecule has 1 aliphatic rings. The van der Waals surface area contributed by atoms with Crippen LogP contribution in [0, 0.1) is 0 Å². The number of hydrogen-bond donors (Lipinski definition) is 1. The second kappa shape index (κ2) is 6.64. The highest BCUT2D eigenvalue weighted by Crippen LogP contribution is 2.30. The predicted molar refractivity (Wildman–Crippen MR) is 79.6 cm³/mol. The minimum Gasteiger partial charge on any atom is -0.317 e. The molecule has 0 spiro atoms. The van der Waals surface area contributed by atoms with Crippen LogP contribution in [0.3, 0.4) is 0 Å². The molecule has 1 N–H and O–H groups in total. The first-order valence-corrected chi connectivity index (χ1v) is 6.52. The fourth-order valence-corrected chi connectivity index (χ4v) is 2.56. The maximum absolute atomic E-state index is 4.59. The Morgan fingerprint density at radius 2 is 1.63 bits per heavy atom. The fraction of sp³-hybridized carbons (Fsp3) is 0.333. The van der Waals surface area contributed by atoms with Crippen molar-refractivity contribution in [3.63, 3.8) is 0 Å². The van der Waals surface area contributed by atoms with E-state index in [9.17, 15) is 0 Å². The Labute approximate surface area is 119 Å². The molecule has 3 nitrogen and oxygen atoms in total. The molecule has 1 aromatic heterocycles. The van der Waals surface area contributed by atoms with E-state index in [1.54, 1.807) is 6.20 Å². The normalized spacial score (nSPS) is 15.8. The smallest absolute Gasteiger partial charge is 0.0920 e. The quantitative estimate of drug-likeness (QED) is 0.915. The molecule has 1 aromatic carbocycles. The van der Waals surface area contributed by atoms with Gasteiger partial charge in [0.1, 0.15) is 0 Å². The van der Waals surface area contributed by atoms with Crippen molar-refractivity contribution in [1.29, 1.82) is 0 Å². The van der Waals surface area contributed by atoms with E-state index in [0.29, 0.717) is 5.92 Å². The summed E-state index contributed by atoms with van der Waals surface area (Å²) in [5.41, 5.74) is 3.37. The molecule has 4 heteroatoms. The molecular weight excluding hydrogens is 258 g/mol. The summed E-state index contributed by atoms with van der Waals surface area (Å²) in [6.45, 7) is 2.16. The maximum atomic E-state index is 4.59. The van der Waals surface area contributed by atoms with Gasteiger partial charge < -0.3 is 5.32 Å². The van der Waals surface area contributed by atoms with Crippen LogP contribution in [-0.2, 0) is 0 Å². The van der Waals surface area contributed by atoms with E-state index < -0.39 is 0 Å². The summed E-state index contributed by atoms with van der Waals surface area (Å²) in [4.78, 5) is 9.13. The highest BCUT2D eigenvalue weighted by Gasteiger charge is 2.20. The van der Waals surface area contributed by atoms with Crippen molar-refractivity contribution in [3.8, 4) is 11.3 Å². The lowest BCUT2D eigenvalue weighted by Crippen LogP contribution is -2.27. The first-order chi connectivity index (χ1) is 8.95. The Kier molecular flexibility index (Phi) is 4.88. The van der Waals surface area contributed by atoms with E-state index in [-0.39, 0.29) is 12.4 Å². The largest absolute Gasteiger partial charge is 0.317 e. The minimum absolute atomic E-state index is 0. The van der Waals surface area contributed by atoms with Crippen molar-refractivity contribution < 1.29 is 0 Å². The second-order valence-electron chi connectivity index (χ2n) is 4.68. The zero-order chi connectivity index (χ0) is 12.2. The van der Waals surface area contributed by atoms with Crippen LogP contribution in [0.4, 0.5) is 0 Å². The SMILES string of the molecule is Cl.c1ccc(-c2nccnc2C2CCNCC2)cc1. The van der Waals surface area contributed by atoms with Crippen LogP contribution >= 0.6 is 12.4 Å². The fourth-order valence-electron chi connectivity index (χ4n) is 2.56. The Morgan fingerprint density at radius 1 is 0.947 bits per heavy atom. The molecule has 100 valence electrons. The number of aromatic nitrogens is 2. The van der Waals surface area contributed by atoms with Crippen LogP contribution in [0.1, 0.15) is 24.5 Å². The first-order valence-electron chi connectivity index (χ1n) is 6.52. The first kappa shape index (κ1) is 14.0. The van der Waals surface area contributed by atoms with Gasteiger partial charge in [-0.2, -0.15) is 0 Å². The lowest BCUT2D eigenvalue weighted by molar-refractivity contribution is 0.453. The van der Waals surface area contributed by atoms with Crippen LogP contribution in [0.15, 0.2) is 42.7 Å². The molecule has 0 atom stereocenters. The molecule has 0 aliphatic carbocycles. The third-order valence-corrected chi connectivity index (χ3v) is 3.50. The topological polar surface area (TPSA) is 37.8 Å². The van der Waals surface area contributed by atoms with Gasteiger partial charge in [0.25, 0.3) is 0 Å². The summed E-state index contributed by atoms with van der Waals surface area (Å²) in [5.74, 6) is 0.537. The zero-order valence-corrected chi connectivity index (χ0v) is 11.6. The average Bonchev–Trinajstić information content (AvgIpc) is 2.49. The highest BCUT2D eigenvalue weighted by atomic mass is 35.5. The summed E-state index contributed by atoms with van der Waals surface area (Å²) in [6.07, 6.45) is 5.90. The maximum Gasteiger partial charge on any atom is 0.0920 e. The van der Waals surface area contributed by atoms with Crippen LogP contribution in [-0.4, -0.2) is 23.1 Å². The van der Waals surface area contributed by atoms with Crippen molar-refractivity contribution in [2.45, 2.75) is 18.8 Å². The molecule has 2 heterocycles. The summed E-state index contributed by atoms with van der Waals surface area (Å²) >= 11 is 0. The van der Waals surface area contributed by atoms with Gasteiger partial charge in [0, 0.05) is 23.9 Å². The summed E-state index contributed by atoms with van der Waals surface area (Å²) < 4.78 is 0. The van der Waals surface area contributed by atoms with Crippen molar-refractivity contribution >= 4 is 12.4 Å². The lowest BCUT2D eigenvalue weighted by atomic mass is 9.91. The number of nitrogens with one attached hydrogen (secondary N) is 1. The van der Waals surface area contributed by atoms with Crippen molar-refractivity contribution in [2.24, 2.45) is 0 Å². The molecule has 1 aliphatic heterocycles. The van der Waals surface area contributed by atoms with E-state index in [1.807, 2.05) is 12.3 Å². The van der Waals surface area contributed by atoms with E-state index in [2.05, 4.69) is 39.6 Å². The molecule has 0 bridgehead atoms. The molecule has 2 aromatic rings. The highest BCUT2D eigenvalue weighted by molar-refractivity contribution is 5.85. The Bertz CT molecular complexity index is 510. The van der Waals surface area contributed by atoms with Gasteiger partial charge in [0.2, 0.25) is 0 Å². The number of halogens is 1. The molecule has 0 radical (unpaired) electrons. The zero-order valence-electron chi connectivity index (χ0n) is 10.7. The van der Waals surface area contributed by atoms with Crippen LogP contribution in [0.2, 0.25) is 0 Å². The number of hydrogen-bond acceptors (Lipinski definition) is 3. The summed E-state index contributed by atoms with van der Waals surface area (Å²) in [6, 6.07) is 10.3. The molecule has 3 rings (SSSR count). The lowest BCUT2D eigenvalue weighted by Gasteiger charge is -2.23. The van der Waals surface area contributed by atoms with Gasteiger partial charge in [-0.3, -0.25) is 9.97 Å². The van der Waals surface area contributed by atoms with Crippen molar-refractivity contribution in [1.82, 2.24) is 15.3 Å². The number of rotatable bonds is 2. The van der Waals surface area contributed by atoms with Gasteiger partial charge in [0.05, 0.1) is 11.4 Å². The van der Waals surface area contributed by atoms with Gasteiger partial charge in [-0.05, 0) is 25.9 Å². The minimum atomic E-state index is 0. The van der Waals surface area contributed by atoms with Crippen molar-refractivity contribution in [2.75, 3.05) is 13.1 Å². The van der Waals surface area contributed by atoms with Crippen LogP contribution in [0.5, 0.6) is 0 Å².